The Kier molecular flexibility index (Phi) is 5.27. The topological polar surface area (TPSA) is 32.4 Å². The van der Waals surface area contributed by atoms with Gasteiger partial charge in [0.25, 0.3) is 0 Å². The van der Waals surface area contributed by atoms with Crippen LogP contribution >= 0.6 is 0 Å². The molecule has 0 unspecified atom stereocenters. The van der Waals surface area contributed by atoms with E-state index in [1.54, 1.807) is 7.11 Å². The third kappa shape index (κ3) is 3.94. The minimum Gasteiger partial charge on any atom is -0.407 e. The van der Waals surface area contributed by atoms with Gasteiger partial charge in [0.1, 0.15) is 12.9 Å². The van der Waals surface area contributed by atoms with Crippen LogP contribution in [0.1, 0.15) is 31.4 Å². The van der Waals surface area contributed by atoms with Gasteiger partial charge in [0.15, 0.2) is 0 Å². The fourth-order valence-electron chi connectivity index (χ4n) is 1.40. The van der Waals surface area contributed by atoms with Crippen molar-refractivity contribution in [3.63, 3.8) is 0 Å². The average molecular weight is 234 g/mol. The maximum atomic E-state index is 5.76. The van der Waals surface area contributed by atoms with Crippen molar-refractivity contribution in [2.45, 2.75) is 27.2 Å². The van der Waals surface area contributed by atoms with Crippen LogP contribution in [0.4, 0.5) is 0 Å². The molecule has 0 amide bonds. The van der Waals surface area contributed by atoms with Crippen molar-refractivity contribution in [2.75, 3.05) is 7.11 Å². The summed E-state index contributed by atoms with van der Waals surface area (Å²) >= 11 is 0. The second kappa shape index (κ2) is 6.74. The molecule has 17 heavy (non-hydrogen) atoms. The second-order valence-corrected chi connectivity index (χ2v) is 3.71. The van der Waals surface area contributed by atoms with Gasteiger partial charge in [-0.05, 0) is 32.1 Å². The molecule has 1 rings (SSSR count). The number of allylic oxidation sites excluding steroid dienone is 2. The van der Waals surface area contributed by atoms with Gasteiger partial charge < -0.3 is 4.74 Å². The van der Waals surface area contributed by atoms with E-state index < -0.39 is 0 Å². The number of hydrogen-bond acceptors (Lipinski definition) is 2. The molecule has 3 nitrogen and oxygen atoms in total. The van der Waals surface area contributed by atoms with Crippen LogP contribution in [0, 0.1) is 6.92 Å². The molecule has 0 radical (unpaired) electrons. The zero-order valence-corrected chi connectivity index (χ0v) is 10.9. The van der Waals surface area contributed by atoms with Crippen LogP contribution in [-0.4, -0.2) is 13.0 Å². The van der Waals surface area contributed by atoms with Crippen molar-refractivity contribution in [3.05, 3.63) is 47.2 Å². The lowest BCUT2D eigenvalue weighted by molar-refractivity contribution is -0.748. The first-order valence-electron chi connectivity index (χ1n) is 5.77. The summed E-state index contributed by atoms with van der Waals surface area (Å²) in [5.41, 5.74) is 2.18. The average Bonchev–Trinajstić information content (AvgIpc) is 2.35. The van der Waals surface area contributed by atoms with E-state index in [1.165, 1.54) is 5.56 Å². The van der Waals surface area contributed by atoms with E-state index in [9.17, 15) is 0 Å². The van der Waals surface area contributed by atoms with Crippen molar-refractivity contribution >= 4 is 5.90 Å². The maximum Gasteiger partial charge on any atom is 0.421 e. The summed E-state index contributed by atoms with van der Waals surface area (Å²) in [6.45, 7) is 6.06. The lowest BCUT2D eigenvalue weighted by Crippen LogP contribution is -2.72. The minimum atomic E-state index is 0.613. The van der Waals surface area contributed by atoms with Crippen LogP contribution in [0.15, 0.2) is 36.1 Å². The number of rotatable bonds is 4. The fourth-order valence-corrected chi connectivity index (χ4v) is 1.40. The number of ether oxygens (including phenoxy) is 1. The molecule has 92 valence electrons. The van der Waals surface area contributed by atoms with E-state index in [1.807, 2.05) is 37.3 Å². The molecule has 0 bridgehead atoms. The van der Waals surface area contributed by atoms with Crippen LogP contribution in [0.2, 0.25) is 0 Å². The first-order chi connectivity index (χ1) is 8.21. The summed E-state index contributed by atoms with van der Waals surface area (Å²) < 4.78 is 5.76. The van der Waals surface area contributed by atoms with Gasteiger partial charge in [-0.1, -0.05) is 24.6 Å². The fraction of sp³-hybridized carbons (Fsp3) is 0.357. The SMILES string of the molecule is C/C=C(\CC)O/C(=[NH+]/OC)c1ccc(C)cc1. The van der Waals surface area contributed by atoms with Crippen molar-refractivity contribution in [1.29, 1.82) is 0 Å². The van der Waals surface area contributed by atoms with Gasteiger partial charge in [0, 0.05) is 11.6 Å². The molecular weight excluding hydrogens is 214 g/mol. The standard InChI is InChI=1S/C14H19NO2/c1-5-13(6-2)17-14(15-16-4)12-9-7-11(3)8-10-12/h5,7-10H,6H2,1-4H3/p+1/b13-5+,15-14+. The molecule has 0 aromatic heterocycles. The first kappa shape index (κ1) is 13.3. The molecule has 1 aromatic rings. The van der Waals surface area contributed by atoms with Crippen molar-refractivity contribution < 1.29 is 14.7 Å². The Morgan fingerprint density at radius 3 is 2.41 bits per heavy atom. The van der Waals surface area contributed by atoms with Gasteiger partial charge in [-0.3, -0.25) is 4.84 Å². The maximum absolute atomic E-state index is 5.76. The smallest absolute Gasteiger partial charge is 0.407 e. The Hall–Kier alpha value is -1.77. The Morgan fingerprint density at radius 2 is 1.94 bits per heavy atom. The highest BCUT2D eigenvalue weighted by Gasteiger charge is 2.14. The van der Waals surface area contributed by atoms with Gasteiger partial charge in [-0.25, -0.2) is 0 Å². The molecule has 1 aromatic carbocycles. The molecule has 0 saturated heterocycles. The number of hydrogen-bond donors (Lipinski definition) is 1. The molecule has 0 spiro atoms. The lowest BCUT2D eigenvalue weighted by atomic mass is 10.1. The third-order valence-corrected chi connectivity index (χ3v) is 2.41. The molecule has 0 aliphatic heterocycles. The third-order valence-electron chi connectivity index (χ3n) is 2.41. The van der Waals surface area contributed by atoms with Crippen LogP contribution in [0.25, 0.3) is 0 Å². The molecule has 0 heterocycles. The van der Waals surface area contributed by atoms with Gasteiger partial charge in [0.2, 0.25) is 0 Å². The Bertz CT molecular complexity index is 405. The van der Waals surface area contributed by atoms with Crippen LogP contribution < -0.4 is 5.16 Å². The quantitative estimate of drug-likeness (QED) is 0.372. The highest BCUT2D eigenvalue weighted by Crippen LogP contribution is 2.08. The number of nitrogens with one attached hydrogen (secondary N) is 1. The van der Waals surface area contributed by atoms with E-state index in [-0.39, 0.29) is 0 Å². The molecule has 0 atom stereocenters. The van der Waals surface area contributed by atoms with Crippen LogP contribution in [0.3, 0.4) is 0 Å². The molecule has 0 aliphatic rings. The van der Waals surface area contributed by atoms with Gasteiger partial charge in [-0.2, -0.15) is 0 Å². The van der Waals surface area contributed by atoms with E-state index in [4.69, 9.17) is 9.57 Å². The Balaban J connectivity index is 2.94. The highest BCUT2D eigenvalue weighted by molar-refractivity contribution is 5.90. The summed E-state index contributed by atoms with van der Waals surface area (Å²) in [5, 5.41) is 2.77. The summed E-state index contributed by atoms with van der Waals surface area (Å²) in [5.74, 6) is 1.52. The molecule has 0 saturated carbocycles. The van der Waals surface area contributed by atoms with Crippen LogP contribution in [-0.2, 0) is 9.57 Å². The number of aryl methyl sites for hydroxylation is 1. The lowest BCUT2D eigenvalue weighted by Gasteiger charge is -2.05. The van der Waals surface area contributed by atoms with Gasteiger partial charge in [-0.15, -0.1) is 0 Å². The van der Waals surface area contributed by atoms with E-state index >= 15 is 0 Å². The molecular formula is C14H20NO2+. The normalized spacial score (nSPS) is 12.5. The Morgan fingerprint density at radius 1 is 1.29 bits per heavy atom. The molecule has 0 aliphatic carbocycles. The second-order valence-electron chi connectivity index (χ2n) is 3.71. The van der Waals surface area contributed by atoms with Gasteiger partial charge >= 0.3 is 5.90 Å². The van der Waals surface area contributed by atoms with E-state index in [2.05, 4.69) is 19.0 Å². The zero-order valence-electron chi connectivity index (χ0n) is 10.9. The van der Waals surface area contributed by atoms with Crippen molar-refractivity contribution in [3.8, 4) is 0 Å². The van der Waals surface area contributed by atoms with Crippen molar-refractivity contribution in [1.82, 2.24) is 0 Å². The minimum absolute atomic E-state index is 0.613. The highest BCUT2D eigenvalue weighted by atomic mass is 16.6. The van der Waals surface area contributed by atoms with E-state index in [0.717, 1.165) is 17.7 Å². The molecule has 3 heteroatoms. The number of benzene rings is 1. The zero-order chi connectivity index (χ0) is 12.7. The monoisotopic (exact) mass is 234 g/mol. The predicted octanol–water partition coefficient (Wildman–Crippen LogP) is 1.71. The first-order valence-corrected chi connectivity index (χ1v) is 5.77. The van der Waals surface area contributed by atoms with Gasteiger partial charge in [0.05, 0.1) is 5.56 Å². The van der Waals surface area contributed by atoms with Crippen LogP contribution in [0.5, 0.6) is 0 Å². The molecule has 1 N–H and O–H groups in total. The van der Waals surface area contributed by atoms with Crippen molar-refractivity contribution in [2.24, 2.45) is 0 Å². The summed E-state index contributed by atoms with van der Waals surface area (Å²) in [6, 6.07) is 8.08. The summed E-state index contributed by atoms with van der Waals surface area (Å²) in [7, 11) is 1.57. The summed E-state index contributed by atoms with van der Waals surface area (Å²) in [6.07, 6.45) is 2.79. The predicted molar refractivity (Wildman–Crippen MR) is 68.4 cm³/mol. The molecule has 0 fully saturated rings. The Labute approximate surface area is 103 Å². The van der Waals surface area contributed by atoms with E-state index in [0.29, 0.717) is 5.90 Å². The summed E-state index contributed by atoms with van der Waals surface area (Å²) in [4.78, 5) is 4.94. The largest absolute Gasteiger partial charge is 0.421 e.